The van der Waals surface area contributed by atoms with E-state index in [2.05, 4.69) is 10.3 Å². The van der Waals surface area contributed by atoms with E-state index in [-0.39, 0.29) is 11.8 Å². The van der Waals surface area contributed by atoms with Crippen LogP contribution in [0.2, 0.25) is 0 Å². The van der Waals surface area contributed by atoms with Crippen LogP contribution in [0, 0.1) is 0 Å². The molecule has 2 aromatic carbocycles. The van der Waals surface area contributed by atoms with Gasteiger partial charge >= 0.3 is 0 Å². The smallest absolute Gasteiger partial charge is 0.253 e. The van der Waals surface area contributed by atoms with Crippen LogP contribution in [0.1, 0.15) is 31.8 Å². The summed E-state index contributed by atoms with van der Waals surface area (Å²) in [5, 5.41) is 2.92. The van der Waals surface area contributed by atoms with Gasteiger partial charge in [0.1, 0.15) is 0 Å². The van der Waals surface area contributed by atoms with Crippen LogP contribution in [0.4, 0.5) is 0 Å². The van der Waals surface area contributed by atoms with Crippen molar-refractivity contribution in [3.63, 3.8) is 0 Å². The fraction of sp³-hybridized carbons (Fsp3) is 0.208. The molecule has 0 saturated carbocycles. The molecule has 0 aliphatic rings. The predicted molar refractivity (Wildman–Crippen MR) is 114 cm³/mol. The van der Waals surface area contributed by atoms with Crippen molar-refractivity contribution in [1.82, 2.24) is 15.2 Å². The maximum atomic E-state index is 12.7. The van der Waals surface area contributed by atoms with E-state index in [1.807, 2.05) is 42.5 Å². The quantitative estimate of drug-likeness (QED) is 0.645. The predicted octanol–water partition coefficient (Wildman–Crippen LogP) is 3.37. The fourth-order valence-electron chi connectivity index (χ4n) is 3.03. The standard InChI is InChI=1S/C24H25N3O2/c1-27(17-13-20-10-14-25-15-11-20)24(29)22-9-5-8-21(18-22)23(28)26-16-12-19-6-3-2-4-7-19/h2-11,14-15,18H,12-13,16-17H2,1H3,(H,26,28). The number of hydrogen-bond acceptors (Lipinski definition) is 3. The first kappa shape index (κ1) is 20.3. The number of carbonyl (C=O) groups excluding carboxylic acids is 2. The first-order valence-electron chi connectivity index (χ1n) is 9.70. The van der Waals surface area contributed by atoms with E-state index in [1.165, 1.54) is 5.56 Å². The maximum Gasteiger partial charge on any atom is 0.253 e. The molecular weight excluding hydrogens is 362 g/mol. The lowest BCUT2D eigenvalue weighted by atomic mass is 10.1. The Morgan fingerprint density at radius 2 is 1.55 bits per heavy atom. The molecule has 1 aromatic heterocycles. The van der Waals surface area contributed by atoms with Crippen LogP contribution in [0.5, 0.6) is 0 Å². The molecule has 29 heavy (non-hydrogen) atoms. The average molecular weight is 387 g/mol. The van der Waals surface area contributed by atoms with Gasteiger partial charge in [-0.2, -0.15) is 0 Å². The third-order valence-corrected chi connectivity index (χ3v) is 4.75. The highest BCUT2D eigenvalue weighted by Gasteiger charge is 2.14. The summed E-state index contributed by atoms with van der Waals surface area (Å²) in [7, 11) is 1.77. The van der Waals surface area contributed by atoms with Gasteiger partial charge in [-0.1, -0.05) is 36.4 Å². The number of nitrogens with zero attached hydrogens (tertiary/aromatic N) is 2. The van der Waals surface area contributed by atoms with Crippen LogP contribution in [0.3, 0.4) is 0 Å². The third kappa shape index (κ3) is 6.01. The second-order valence-corrected chi connectivity index (χ2v) is 6.90. The number of rotatable bonds is 8. The van der Waals surface area contributed by atoms with Gasteiger partial charge in [0.05, 0.1) is 0 Å². The summed E-state index contributed by atoms with van der Waals surface area (Å²) >= 11 is 0. The molecule has 0 aliphatic heterocycles. The molecule has 148 valence electrons. The highest BCUT2D eigenvalue weighted by molar-refractivity contribution is 5.99. The molecule has 0 bridgehead atoms. The highest BCUT2D eigenvalue weighted by atomic mass is 16.2. The van der Waals surface area contributed by atoms with Gasteiger partial charge in [-0.15, -0.1) is 0 Å². The van der Waals surface area contributed by atoms with Gasteiger partial charge in [-0.3, -0.25) is 14.6 Å². The lowest BCUT2D eigenvalue weighted by molar-refractivity contribution is 0.0796. The summed E-state index contributed by atoms with van der Waals surface area (Å²) in [5.74, 6) is -0.270. The Labute approximate surface area is 171 Å². The van der Waals surface area contributed by atoms with E-state index in [0.29, 0.717) is 24.2 Å². The summed E-state index contributed by atoms with van der Waals surface area (Å²) < 4.78 is 0. The number of amides is 2. The summed E-state index contributed by atoms with van der Waals surface area (Å²) in [6, 6.07) is 20.8. The zero-order valence-electron chi connectivity index (χ0n) is 16.5. The third-order valence-electron chi connectivity index (χ3n) is 4.75. The minimum absolute atomic E-state index is 0.0991. The van der Waals surface area contributed by atoms with Crippen molar-refractivity contribution in [2.24, 2.45) is 0 Å². The molecule has 0 unspecified atom stereocenters. The Hall–Kier alpha value is -3.47. The molecular formula is C24H25N3O2. The lowest BCUT2D eigenvalue weighted by Gasteiger charge is -2.17. The van der Waals surface area contributed by atoms with Crippen LogP contribution in [-0.2, 0) is 12.8 Å². The number of likely N-dealkylation sites (N-methyl/N-ethyl adjacent to an activating group) is 1. The van der Waals surface area contributed by atoms with E-state index in [0.717, 1.165) is 18.4 Å². The second-order valence-electron chi connectivity index (χ2n) is 6.90. The monoisotopic (exact) mass is 387 g/mol. The Kier molecular flexibility index (Phi) is 7.11. The molecule has 0 saturated heterocycles. The normalized spacial score (nSPS) is 10.4. The summed E-state index contributed by atoms with van der Waals surface area (Å²) in [6.45, 7) is 1.14. The second kappa shape index (κ2) is 10.2. The van der Waals surface area contributed by atoms with Crippen molar-refractivity contribution in [2.45, 2.75) is 12.8 Å². The molecule has 3 rings (SSSR count). The van der Waals surface area contributed by atoms with Crippen LogP contribution >= 0.6 is 0 Å². The topological polar surface area (TPSA) is 62.3 Å². The Bertz CT molecular complexity index is 943. The largest absolute Gasteiger partial charge is 0.352 e. The first-order valence-corrected chi connectivity index (χ1v) is 9.70. The molecule has 0 aliphatic carbocycles. The van der Waals surface area contributed by atoms with Crippen LogP contribution in [-0.4, -0.2) is 41.8 Å². The van der Waals surface area contributed by atoms with Crippen LogP contribution in [0.15, 0.2) is 79.1 Å². The van der Waals surface area contributed by atoms with Crippen molar-refractivity contribution in [3.8, 4) is 0 Å². The average Bonchev–Trinajstić information content (AvgIpc) is 2.78. The van der Waals surface area contributed by atoms with E-state index in [4.69, 9.17) is 0 Å². The van der Waals surface area contributed by atoms with Gasteiger partial charge in [-0.05, 0) is 54.3 Å². The molecule has 1 heterocycles. The number of carbonyl (C=O) groups is 2. The van der Waals surface area contributed by atoms with Crippen molar-refractivity contribution < 1.29 is 9.59 Å². The van der Waals surface area contributed by atoms with E-state index >= 15 is 0 Å². The van der Waals surface area contributed by atoms with Crippen LogP contribution < -0.4 is 5.32 Å². The number of nitrogens with one attached hydrogen (secondary N) is 1. The van der Waals surface area contributed by atoms with Gasteiger partial charge in [0.15, 0.2) is 0 Å². The summed E-state index contributed by atoms with van der Waals surface area (Å²) in [6.07, 6.45) is 5.02. The number of pyridine rings is 1. The zero-order chi connectivity index (χ0) is 20.5. The molecule has 5 heteroatoms. The molecule has 0 spiro atoms. The lowest BCUT2D eigenvalue weighted by Crippen LogP contribution is -2.29. The zero-order valence-corrected chi connectivity index (χ0v) is 16.5. The Morgan fingerprint density at radius 1 is 0.862 bits per heavy atom. The minimum atomic E-state index is -0.171. The van der Waals surface area contributed by atoms with Gasteiger partial charge in [0, 0.05) is 43.7 Å². The maximum absolute atomic E-state index is 12.7. The van der Waals surface area contributed by atoms with E-state index in [9.17, 15) is 9.59 Å². The Balaban J connectivity index is 1.54. The van der Waals surface area contributed by atoms with E-state index in [1.54, 1.807) is 48.6 Å². The van der Waals surface area contributed by atoms with Gasteiger partial charge < -0.3 is 10.2 Å². The molecule has 5 nitrogen and oxygen atoms in total. The summed E-state index contributed by atoms with van der Waals surface area (Å²) in [4.78, 5) is 30.8. The fourth-order valence-corrected chi connectivity index (χ4v) is 3.03. The van der Waals surface area contributed by atoms with Gasteiger partial charge in [0.25, 0.3) is 11.8 Å². The molecule has 0 fully saturated rings. The number of benzene rings is 2. The van der Waals surface area contributed by atoms with E-state index < -0.39 is 0 Å². The van der Waals surface area contributed by atoms with Crippen molar-refractivity contribution in [3.05, 3.63) is 101 Å². The molecule has 1 N–H and O–H groups in total. The minimum Gasteiger partial charge on any atom is -0.352 e. The first-order chi connectivity index (χ1) is 14.1. The molecule has 2 amide bonds. The molecule has 3 aromatic rings. The van der Waals surface area contributed by atoms with Gasteiger partial charge in [-0.25, -0.2) is 0 Å². The summed E-state index contributed by atoms with van der Waals surface area (Å²) in [5.41, 5.74) is 3.31. The van der Waals surface area contributed by atoms with Crippen LogP contribution in [0.25, 0.3) is 0 Å². The Morgan fingerprint density at radius 3 is 2.31 bits per heavy atom. The number of aromatic nitrogens is 1. The van der Waals surface area contributed by atoms with Gasteiger partial charge in [0.2, 0.25) is 0 Å². The van der Waals surface area contributed by atoms with Crippen molar-refractivity contribution >= 4 is 11.8 Å². The SMILES string of the molecule is CN(CCc1ccncc1)C(=O)c1cccc(C(=O)NCCc2ccccc2)c1. The van der Waals surface area contributed by atoms with Crippen molar-refractivity contribution in [1.29, 1.82) is 0 Å². The van der Waals surface area contributed by atoms with Crippen molar-refractivity contribution in [2.75, 3.05) is 20.1 Å². The molecule has 0 radical (unpaired) electrons. The molecule has 0 atom stereocenters. The number of hydrogen-bond donors (Lipinski definition) is 1. The highest BCUT2D eigenvalue weighted by Crippen LogP contribution is 2.09.